The summed E-state index contributed by atoms with van der Waals surface area (Å²) in [5.74, 6) is -0.0618. The van der Waals surface area contributed by atoms with E-state index in [0.717, 1.165) is 10.1 Å². The van der Waals surface area contributed by atoms with Crippen LogP contribution in [0.25, 0.3) is 11.4 Å². The molecule has 134 valence electrons. The molecule has 2 aliphatic heterocycles. The average molecular weight is 362 g/mol. The zero-order valence-corrected chi connectivity index (χ0v) is 14.2. The van der Waals surface area contributed by atoms with Crippen LogP contribution in [0.3, 0.4) is 0 Å². The van der Waals surface area contributed by atoms with Crippen LogP contribution >= 0.6 is 0 Å². The molecular formula is C20H15FN4O2. The van der Waals surface area contributed by atoms with Gasteiger partial charge in [-0.1, -0.05) is 12.1 Å². The van der Waals surface area contributed by atoms with E-state index in [1.165, 1.54) is 12.1 Å². The van der Waals surface area contributed by atoms with Crippen LogP contribution in [0, 0.1) is 5.82 Å². The molecule has 0 saturated carbocycles. The molecule has 0 amide bonds. The summed E-state index contributed by atoms with van der Waals surface area (Å²) in [4.78, 5) is 33.4. The van der Waals surface area contributed by atoms with Crippen molar-refractivity contribution in [3.05, 3.63) is 105 Å². The largest absolute Gasteiger partial charge is 0.352 e. The maximum absolute atomic E-state index is 13.4. The number of benzene rings is 1. The molecular weight excluding hydrogens is 347 g/mol. The monoisotopic (exact) mass is 362 g/mol. The second kappa shape index (κ2) is 6.95. The van der Waals surface area contributed by atoms with Crippen molar-refractivity contribution in [3.63, 3.8) is 0 Å². The Hall–Kier alpha value is -3.61. The molecule has 0 fully saturated rings. The van der Waals surface area contributed by atoms with Gasteiger partial charge in [-0.05, 0) is 47.5 Å². The van der Waals surface area contributed by atoms with Crippen LogP contribution < -0.4 is 11.2 Å². The van der Waals surface area contributed by atoms with Gasteiger partial charge in [-0.2, -0.15) is 4.98 Å². The summed E-state index contributed by atoms with van der Waals surface area (Å²) in [7, 11) is 0. The lowest BCUT2D eigenvalue weighted by Crippen LogP contribution is -2.38. The first kappa shape index (κ1) is 16.8. The summed E-state index contributed by atoms with van der Waals surface area (Å²) >= 11 is 0. The number of pyridine rings is 2. The van der Waals surface area contributed by atoms with Crippen LogP contribution in [0.5, 0.6) is 0 Å². The van der Waals surface area contributed by atoms with Crippen LogP contribution in [0.1, 0.15) is 11.1 Å². The fourth-order valence-electron chi connectivity index (χ4n) is 2.99. The predicted octanol–water partition coefficient (Wildman–Crippen LogP) is 2.14. The highest BCUT2D eigenvalue weighted by Gasteiger charge is 2.17. The standard InChI is InChI=1S/C20H15FN4O2/c21-16-4-1-3-15(11-16)12-24-10-2-5-17-18(24)23-20(27)25(19(17)26)13-14-6-8-22-9-7-14/h1-11H,12-13H2. The molecule has 1 aromatic carbocycles. The van der Waals surface area contributed by atoms with Crippen molar-refractivity contribution >= 4 is 0 Å². The molecule has 0 bridgehead atoms. The number of halogens is 1. The Morgan fingerprint density at radius 1 is 0.926 bits per heavy atom. The highest BCUT2D eigenvalue weighted by molar-refractivity contribution is 5.54. The molecule has 3 heterocycles. The molecule has 0 N–H and O–H groups in total. The van der Waals surface area contributed by atoms with Crippen molar-refractivity contribution in [3.8, 4) is 11.4 Å². The zero-order chi connectivity index (χ0) is 18.8. The summed E-state index contributed by atoms with van der Waals surface area (Å²) in [5, 5.41) is 0. The Bertz CT molecular complexity index is 1180. The lowest BCUT2D eigenvalue weighted by Gasteiger charge is -2.15. The SMILES string of the molecule is O=c1nc2n(Cc3cccc(F)c3)cccc-2c(=O)n1Cc1ccncc1. The molecule has 27 heavy (non-hydrogen) atoms. The van der Waals surface area contributed by atoms with Crippen LogP contribution in [-0.4, -0.2) is 19.1 Å². The first-order valence-electron chi connectivity index (χ1n) is 8.35. The van der Waals surface area contributed by atoms with E-state index in [-0.39, 0.29) is 18.2 Å². The number of hydrogen-bond acceptors (Lipinski definition) is 4. The van der Waals surface area contributed by atoms with Crippen molar-refractivity contribution in [2.24, 2.45) is 0 Å². The lowest BCUT2D eigenvalue weighted by molar-refractivity contribution is 0.622. The van der Waals surface area contributed by atoms with Gasteiger partial charge in [-0.15, -0.1) is 0 Å². The highest BCUT2D eigenvalue weighted by atomic mass is 19.1. The highest BCUT2D eigenvalue weighted by Crippen LogP contribution is 2.16. The molecule has 0 aliphatic carbocycles. The Balaban J connectivity index is 1.79. The number of hydrogen-bond donors (Lipinski definition) is 0. The van der Waals surface area contributed by atoms with Crippen molar-refractivity contribution in [1.82, 2.24) is 19.1 Å². The summed E-state index contributed by atoms with van der Waals surface area (Å²) in [6.07, 6.45) is 4.92. The van der Waals surface area contributed by atoms with Gasteiger partial charge in [0.1, 0.15) is 5.82 Å². The van der Waals surface area contributed by atoms with E-state index < -0.39 is 11.2 Å². The van der Waals surface area contributed by atoms with E-state index in [2.05, 4.69) is 9.97 Å². The maximum Gasteiger partial charge on any atom is 0.352 e. The lowest BCUT2D eigenvalue weighted by atomic mass is 10.2. The van der Waals surface area contributed by atoms with Crippen LogP contribution in [0.4, 0.5) is 4.39 Å². The van der Waals surface area contributed by atoms with Crippen LogP contribution in [0.2, 0.25) is 0 Å². The second-order valence-electron chi connectivity index (χ2n) is 6.14. The Labute approximate surface area is 153 Å². The van der Waals surface area contributed by atoms with Gasteiger partial charge >= 0.3 is 5.69 Å². The van der Waals surface area contributed by atoms with Gasteiger partial charge in [-0.3, -0.25) is 14.3 Å². The fourth-order valence-corrected chi connectivity index (χ4v) is 2.99. The van der Waals surface area contributed by atoms with Gasteiger partial charge in [0.05, 0.1) is 12.1 Å². The van der Waals surface area contributed by atoms with E-state index in [9.17, 15) is 14.0 Å². The van der Waals surface area contributed by atoms with Gasteiger partial charge < -0.3 is 4.57 Å². The van der Waals surface area contributed by atoms with Gasteiger partial charge in [0.15, 0.2) is 5.82 Å². The van der Waals surface area contributed by atoms with Gasteiger partial charge in [0, 0.05) is 25.1 Å². The quantitative estimate of drug-likeness (QED) is 0.558. The fraction of sp³-hybridized carbons (Fsp3) is 0.100. The van der Waals surface area contributed by atoms with E-state index >= 15 is 0 Å². The summed E-state index contributed by atoms with van der Waals surface area (Å²) in [6.45, 7) is 0.428. The van der Waals surface area contributed by atoms with Crippen LogP contribution in [-0.2, 0) is 13.1 Å². The van der Waals surface area contributed by atoms with Crippen molar-refractivity contribution < 1.29 is 4.39 Å². The average Bonchev–Trinajstić information content (AvgIpc) is 2.67. The first-order chi connectivity index (χ1) is 13.1. The Morgan fingerprint density at radius 2 is 1.74 bits per heavy atom. The molecule has 0 saturated heterocycles. The van der Waals surface area contributed by atoms with Gasteiger partial charge in [0.2, 0.25) is 0 Å². The van der Waals surface area contributed by atoms with Gasteiger partial charge in [0.25, 0.3) is 5.56 Å². The minimum atomic E-state index is -0.622. The van der Waals surface area contributed by atoms with E-state index in [1.807, 2.05) is 0 Å². The van der Waals surface area contributed by atoms with Gasteiger partial charge in [-0.25, -0.2) is 9.18 Å². The summed E-state index contributed by atoms with van der Waals surface area (Å²) in [5.41, 5.74) is 0.804. The minimum Gasteiger partial charge on any atom is -0.328 e. The third-order valence-corrected chi connectivity index (χ3v) is 4.28. The number of rotatable bonds is 4. The molecule has 1 aromatic heterocycles. The van der Waals surface area contributed by atoms with Crippen molar-refractivity contribution in [1.29, 1.82) is 0 Å². The van der Waals surface area contributed by atoms with E-state index in [4.69, 9.17) is 0 Å². The molecule has 4 rings (SSSR count). The topological polar surface area (TPSA) is 69.8 Å². The zero-order valence-electron chi connectivity index (χ0n) is 14.2. The molecule has 7 heteroatoms. The van der Waals surface area contributed by atoms with Crippen LogP contribution in [0.15, 0.2) is 76.7 Å². The molecule has 2 aliphatic rings. The normalized spacial score (nSPS) is 11.0. The summed E-state index contributed by atoms with van der Waals surface area (Å²) < 4.78 is 16.2. The maximum atomic E-state index is 13.4. The third-order valence-electron chi connectivity index (χ3n) is 4.28. The Morgan fingerprint density at radius 3 is 2.52 bits per heavy atom. The second-order valence-corrected chi connectivity index (χ2v) is 6.14. The minimum absolute atomic E-state index is 0.127. The van der Waals surface area contributed by atoms with E-state index in [1.54, 1.807) is 59.6 Å². The third kappa shape index (κ3) is 3.39. The number of aromatic nitrogens is 4. The number of fused-ring (bicyclic) bond motifs is 1. The number of nitrogens with zero attached hydrogens (tertiary/aromatic N) is 4. The van der Waals surface area contributed by atoms with Crippen molar-refractivity contribution in [2.75, 3.05) is 0 Å². The molecule has 0 atom stereocenters. The smallest absolute Gasteiger partial charge is 0.328 e. The molecule has 2 aromatic rings. The molecule has 0 unspecified atom stereocenters. The summed E-state index contributed by atoms with van der Waals surface area (Å²) in [6, 6.07) is 13.0. The molecule has 6 nitrogen and oxygen atoms in total. The predicted molar refractivity (Wildman–Crippen MR) is 98.2 cm³/mol. The van der Waals surface area contributed by atoms with E-state index in [0.29, 0.717) is 17.7 Å². The molecule has 0 spiro atoms. The van der Waals surface area contributed by atoms with Crippen molar-refractivity contribution in [2.45, 2.75) is 13.1 Å². The Kier molecular flexibility index (Phi) is 4.33. The molecule has 0 radical (unpaired) electrons. The first-order valence-corrected chi connectivity index (χ1v) is 8.35.